The molecule has 0 saturated carbocycles. The van der Waals surface area contributed by atoms with Gasteiger partial charge in [0.15, 0.2) is 0 Å². The van der Waals surface area contributed by atoms with Crippen LogP contribution in [0, 0.1) is 0 Å². The van der Waals surface area contributed by atoms with Crippen LogP contribution >= 0.6 is 11.8 Å². The third-order valence-electron chi connectivity index (χ3n) is 3.78. The highest BCUT2D eigenvalue weighted by Crippen LogP contribution is 2.47. The quantitative estimate of drug-likeness (QED) is 0.857. The van der Waals surface area contributed by atoms with Gasteiger partial charge in [-0.25, -0.2) is 0 Å². The van der Waals surface area contributed by atoms with Crippen LogP contribution in [-0.2, 0) is 6.42 Å². The largest absolute Gasteiger partial charge is 0.508 e. The lowest BCUT2D eigenvalue weighted by Crippen LogP contribution is -2.02. The van der Waals surface area contributed by atoms with Crippen LogP contribution in [0.25, 0.3) is 0 Å². The first-order valence-corrected chi connectivity index (χ1v) is 7.31. The van der Waals surface area contributed by atoms with E-state index in [-0.39, 0.29) is 0 Å². The number of aliphatic imine (C=N–C) groups is 1. The molecule has 94 valence electrons. The van der Waals surface area contributed by atoms with E-state index in [1.807, 2.05) is 23.9 Å². The molecule has 4 rings (SSSR count). The van der Waals surface area contributed by atoms with Crippen LogP contribution < -0.4 is 0 Å². The van der Waals surface area contributed by atoms with Gasteiger partial charge in [0, 0.05) is 10.8 Å². The number of hydrogen-bond donors (Lipinski definition) is 1. The normalized spacial score (nSPS) is 23.9. The molecule has 0 radical (unpaired) electrons. The molecule has 1 N–H and O–H groups in total. The fraction of sp³-hybridized carbons (Fsp3) is 0.188. The highest BCUT2D eigenvalue weighted by Gasteiger charge is 2.38. The van der Waals surface area contributed by atoms with Gasteiger partial charge in [0.1, 0.15) is 5.75 Å². The molecular formula is C16H13NOS. The smallest absolute Gasteiger partial charge is 0.115 e. The van der Waals surface area contributed by atoms with Crippen LogP contribution in [0.15, 0.2) is 53.5 Å². The minimum absolute atomic E-state index is 0.304. The van der Waals surface area contributed by atoms with Gasteiger partial charge in [-0.05, 0) is 41.8 Å². The summed E-state index contributed by atoms with van der Waals surface area (Å²) in [6.45, 7) is 0. The fourth-order valence-electron chi connectivity index (χ4n) is 2.84. The molecule has 3 heteroatoms. The van der Waals surface area contributed by atoms with Gasteiger partial charge in [0.2, 0.25) is 0 Å². The van der Waals surface area contributed by atoms with Gasteiger partial charge < -0.3 is 5.11 Å². The second kappa shape index (κ2) is 4.14. The summed E-state index contributed by atoms with van der Waals surface area (Å²) < 4.78 is 0. The Kier molecular flexibility index (Phi) is 2.42. The zero-order valence-corrected chi connectivity index (χ0v) is 11.1. The molecule has 0 saturated heterocycles. The van der Waals surface area contributed by atoms with Gasteiger partial charge in [0.05, 0.1) is 11.1 Å². The average Bonchev–Trinajstić information content (AvgIpc) is 2.97. The molecular weight excluding hydrogens is 254 g/mol. The molecule has 0 amide bonds. The van der Waals surface area contributed by atoms with Crippen molar-refractivity contribution < 1.29 is 5.11 Å². The van der Waals surface area contributed by atoms with Crippen molar-refractivity contribution in [3.05, 3.63) is 65.2 Å². The van der Waals surface area contributed by atoms with E-state index in [1.54, 1.807) is 12.1 Å². The van der Waals surface area contributed by atoms with Crippen molar-refractivity contribution in [3.63, 3.8) is 0 Å². The van der Waals surface area contributed by atoms with Crippen molar-refractivity contribution in [2.45, 2.75) is 17.7 Å². The first-order chi connectivity index (χ1) is 9.31. The van der Waals surface area contributed by atoms with Gasteiger partial charge in [-0.3, -0.25) is 4.99 Å². The van der Waals surface area contributed by atoms with Crippen molar-refractivity contribution in [1.82, 2.24) is 0 Å². The molecule has 0 spiro atoms. The highest BCUT2D eigenvalue weighted by molar-refractivity contribution is 8.15. The summed E-state index contributed by atoms with van der Waals surface area (Å²) in [6, 6.07) is 16.2. The Morgan fingerprint density at radius 1 is 1.05 bits per heavy atom. The molecule has 1 aliphatic heterocycles. The standard InChI is InChI=1S/C16H13NOS/c18-12-7-5-10(6-8-12)16-17-15-13-4-2-1-3-11(13)9-14(15)19-16/h1-8,14-15,18H,9H2. The Bertz CT molecular complexity index is 663. The number of fused-ring (bicyclic) bond motifs is 3. The van der Waals surface area contributed by atoms with Crippen molar-refractivity contribution in [2.24, 2.45) is 4.99 Å². The average molecular weight is 267 g/mol. The number of nitrogens with zero attached hydrogens (tertiary/aromatic N) is 1. The number of thioether (sulfide) groups is 1. The second-order valence-electron chi connectivity index (χ2n) is 4.99. The maximum Gasteiger partial charge on any atom is 0.115 e. The summed E-state index contributed by atoms with van der Waals surface area (Å²) in [5.74, 6) is 0.304. The predicted octanol–water partition coefficient (Wildman–Crippen LogP) is 3.55. The zero-order valence-electron chi connectivity index (χ0n) is 10.3. The second-order valence-corrected chi connectivity index (χ2v) is 6.21. The number of hydrogen-bond acceptors (Lipinski definition) is 3. The van der Waals surface area contributed by atoms with Crippen LogP contribution in [0.4, 0.5) is 0 Å². The van der Waals surface area contributed by atoms with E-state index in [0.717, 1.165) is 17.0 Å². The van der Waals surface area contributed by atoms with E-state index in [0.29, 0.717) is 17.0 Å². The van der Waals surface area contributed by atoms with Crippen molar-refractivity contribution in [3.8, 4) is 5.75 Å². The van der Waals surface area contributed by atoms with Crippen LogP contribution in [-0.4, -0.2) is 15.4 Å². The molecule has 0 aromatic heterocycles. The molecule has 1 aliphatic carbocycles. The van der Waals surface area contributed by atoms with Crippen molar-refractivity contribution in [1.29, 1.82) is 0 Å². The Balaban J connectivity index is 1.71. The zero-order chi connectivity index (χ0) is 12.8. The topological polar surface area (TPSA) is 32.6 Å². The lowest BCUT2D eigenvalue weighted by molar-refractivity contribution is 0.475. The lowest BCUT2D eigenvalue weighted by Gasteiger charge is -2.05. The lowest BCUT2D eigenvalue weighted by atomic mass is 10.1. The molecule has 0 bridgehead atoms. The number of phenols is 1. The van der Waals surface area contributed by atoms with Crippen LogP contribution in [0.5, 0.6) is 5.75 Å². The van der Waals surface area contributed by atoms with Gasteiger partial charge >= 0.3 is 0 Å². The molecule has 2 aliphatic rings. The monoisotopic (exact) mass is 267 g/mol. The van der Waals surface area contributed by atoms with Gasteiger partial charge in [-0.1, -0.05) is 36.0 Å². The highest BCUT2D eigenvalue weighted by atomic mass is 32.2. The van der Waals surface area contributed by atoms with Crippen LogP contribution in [0.2, 0.25) is 0 Å². The van der Waals surface area contributed by atoms with Gasteiger partial charge in [-0.15, -0.1) is 0 Å². The SMILES string of the molecule is Oc1ccc(C2=NC3c4ccccc4CC3S2)cc1. The molecule has 1 heterocycles. The van der Waals surface area contributed by atoms with Crippen molar-refractivity contribution >= 4 is 16.8 Å². The molecule has 2 aromatic rings. The van der Waals surface area contributed by atoms with Crippen LogP contribution in [0.1, 0.15) is 22.7 Å². The maximum atomic E-state index is 9.34. The minimum Gasteiger partial charge on any atom is -0.508 e. The van der Waals surface area contributed by atoms with Crippen LogP contribution in [0.3, 0.4) is 0 Å². The summed E-state index contributed by atoms with van der Waals surface area (Å²) >= 11 is 1.87. The van der Waals surface area contributed by atoms with E-state index in [2.05, 4.69) is 24.3 Å². The minimum atomic E-state index is 0.304. The van der Waals surface area contributed by atoms with E-state index >= 15 is 0 Å². The Labute approximate surface area is 116 Å². The number of phenolic OH excluding ortho intramolecular Hbond substituents is 1. The summed E-state index contributed by atoms with van der Waals surface area (Å²) in [4.78, 5) is 4.89. The molecule has 19 heavy (non-hydrogen) atoms. The predicted molar refractivity (Wildman–Crippen MR) is 78.9 cm³/mol. The Morgan fingerprint density at radius 3 is 2.68 bits per heavy atom. The van der Waals surface area contributed by atoms with E-state index in [4.69, 9.17) is 4.99 Å². The summed E-state index contributed by atoms with van der Waals surface area (Å²) in [5, 5.41) is 11.0. The Morgan fingerprint density at radius 2 is 1.84 bits per heavy atom. The van der Waals surface area contributed by atoms with Gasteiger partial charge in [0.25, 0.3) is 0 Å². The first-order valence-electron chi connectivity index (χ1n) is 6.43. The van der Waals surface area contributed by atoms with E-state index in [9.17, 15) is 5.11 Å². The maximum absolute atomic E-state index is 9.34. The number of rotatable bonds is 1. The molecule has 2 aromatic carbocycles. The molecule has 0 fully saturated rings. The Hall–Kier alpha value is -1.74. The third-order valence-corrected chi connectivity index (χ3v) is 5.07. The molecule has 2 atom stereocenters. The van der Waals surface area contributed by atoms with E-state index in [1.165, 1.54) is 11.1 Å². The summed E-state index contributed by atoms with van der Waals surface area (Å²) in [5.41, 5.74) is 3.93. The van der Waals surface area contributed by atoms with E-state index < -0.39 is 0 Å². The summed E-state index contributed by atoms with van der Waals surface area (Å²) in [7, 11) is 0. The number of benzene rings is 2. The fourth-order valence-corrected chi connectivity index (χ4v) is 4.18. The molecule has 2 nitrogen and oxygen atoms in total. The third kappa shape index (κ3) is 1.77. The van der Waals surface area contributed by atoms with Gasteiger partial charge in [-0.2, -0.15) is 0 Å². The first kappa shape index (κ1) is 11.1. The van der Waals surface area contributed by atoms with Crippen molar-refractivity contribution in [2.75, 3.05) is 0 Å². The molecule has 2 unspecified atom stereocenters. The summed E-state index contributed by atoms with van der Waals surface area (Å²) in [6.07, 6.45) is 1.11. The number of aromatic hydroxyl groups is 1.